The first-order valence-corrected chi connectivity index (χ1v) is 11.7. The lowest BCUT2D eigenvalue weighted by molar-refractivity contribution is 0.0746. The van der Waals surface area contributed by atoms with E-state index >= 15 is 0 Å². The molecule has 172 valence electrons. The summed E-state index contributed by atoms with van der Waals surface area (Å²) in [4.78, 5) is 17.4. The van der Waals surface area contributed by atoms with Crippen LogP contribution in [0.4, 0.5) is 5.69 Å². The summed E-state index contributed by atoms with van der Waals surface area (Å²) in [6.45, 7) is 5.57. The Morgan fingerprint density at radius 1 is 0.879 bits per heavy atom. The monoisotopic (exact) mass is 484 g/mol. The molecule has 1 fully saturated rings. The van der Waals surface area contributed by atoms with Crippen LogP contribution in [-0.4, -0.2) is 43.6 Å². The van der Waals surface area contributed by atoms with Crippen LogP contribution in [0.3, 0.4) is 0 Å². The molecule has 33 heavy (non-hydrogen) atoms. The van der Waals surface area contributed by atoms with Crippen LogP contribution in [0.1, 0.15) is 22.8 Å². The molecule has 3 aromatic rings. The SMILES string of the molecule is CCOc1ccc(C(=O)N2CCN(c3cccc(Cl)c3)CC2)cc1COc1ccc(Cl)cc1. The maximum absolute atomic E-state index is 13.2. The number of nitrogens with zero attached hydrogens (tertiary/aromatic N) is 2. The van der Waals surface area contributed by atoms with Gasteiger partial charge in [-0.15, -0.1) is 0 Å². The summed E-state index contributed by atoms with van der Waals surface area (Å²) in [5.41, 5.74) is 2.54. The lowest BCUT2D eigenvalue weighted by Gasteiger charge is -2.36. The fourth-order valence-electron chi connectivity index (χ4n) is 3.84. The number of rotatable bonds is 7. The molecule has 3 aromatic carbocycles. The number of ether oxygens (including phenoxy) is 2. The minimum Gasteiger partial charge on any atom is -0.493 e. The zero-order valence-electron chi connectivity index (χ0n) is 18.5. The second-order valence-corrected chi connectivity index (χ2v) is 8.63. The van der Waals surface area contributed by atoms with Crippen LogP contribution in [-0.2, 0) is 6.61 Å². The third-order valence-electron chi connectivity index (χ3n) is 5.56. The maximum atomic E-state index is 13.2. The molecule has 7 heteroatoms. The number of piperazine rings is 1. The standard InChI is InChI=1S/C26H26Cl2N2O3/c1-2-32-25-11-6-19(16-20(25)18-33-24-9-7-21(27)8-10-24)26(31)30-14-12-29(13-15-30)23-5-3-4-22(28)17-23/h3-11,16-17H,2,12-15,18H2,1H3. The molecule has 1 aliphatic rings. The van der Waals surface area contributed by atoms with Crippen LogP contribution >= 0.6 is 23.2 Å². The van der Waals surface area contributed by atoms with E-state index in [1.165, 1.54) is 0 Å². The minimum absolute atomic E-state index is 0.0107. The molecule has 0 spiro atoms. The number of carbonyl (C=O) groups is 1. The number of halogens is 2. The summed E-state index contributed by atoms with van der Waals surface area (Å²) in [6, 6.07) is 20.5. The number of amides is 1. The molecule has 1 aliphatic heterocycles. The van der Waals surface area contributed by atoms with Gasteiger partial charge < -0.3 is 19.3 Å². The molecule has 1 amide bonds. The number of hydrogen-bond acceptors (Lipinski definition) is 4. The van der Waals surface area contributed by atoms with Gasteiger partial charge in [0.2, 0.25) is 0 Å². The highest BCUT2D eigenvalue weighted by molar-refractivity contribution is 6.31. The topological polar surface area (TPSA) is 42.0 Å². The van der Waals surface area contributed by atoms with Crippen molar-refractivity contribution in [2.24, 2.45) is 0 Å². The van der Waals surface area contributed by atoms with Crippen molar-refractivity contribution < 1.29 is 14.3 Å². The minimum atomic E-state index is 0.0107. The van der Waals surface area contributed by atoms with Gasteiger partial charge in [0.15, 0.2) is 0 Å². The molecule has 0 unspecified atom stereocenters. The van der Waals surface area contributed by atoms with Gasteiger partial charge in [0.1, 0.15) is 18.1 Å². The second kappa shape index (κ2) is 10.8. The fraction of sp³-hybridized carbons (Fsp3) is 0.269. The van der Waals surface area contributed by atoms with Crippen molar-refractivity contribution in [2.45, 2.75) is 13.5 Å². The van der Waals surface area contributed by atoms with E-state index in [0.29, 0.717) is 53.4 Å². The molecule has 0 aliphatic carbocycles. The molecule has 0 N–H and O–H groups in total. The van der Waals surface area contributed by atoms with Gasteiger partial charge in [0.05, 0.1) is 6.61 Å². The molecule has 5 nitrogen and oxygen atoms in total. The van der Waals surface area contributed by atoms with Crippen molar-refractivity contribution >= 4 is 34.8 Å². The second-order valence-electron chi connectivity index (χ2n) is 7.76. The predicted octanol–water partition coefficient (Wildman–Crippen LogP) is 5.93. The van der Waals surface area contributed by atoms with Crippen LogP contribution < -0.4 is 14.4 Å². The number of benzene rings is 3. The van der Waals surface area contributed by atoms with Crippen LogP contribution in [0.15, 0.2) is 66.7 Å². The quantitative estimate of drug-likeness (QED) is 0.416. The lowest BCUT2D eigenvalue weighted by Crippen LogP contribution is -2.48. The van der Waals surface area contributed by atoms with Crippen molar-refractivity contribution in [1.82, 2.24) is 4.90 Å². The Hall–Kier alpha value is -2.89. The molecule has 0 aromatic heterocycles. The van der Waals surface area contributed by atoms with Crippen LogP contribution in [0.2, 0.25) is 10.0 Å². The Labute approximate surface area is 204 Å². The van der Waals surface area contributed by atoms with Gasteiger partial charge in [-0.2, -0.15) is 0 Å². The van der Waals surface area contributed by atoms with E-state index in [9.17, 15) is 4.79 Å². The maximum Gasteiger partial charge on any atom is 0.253 e. The Kier molecular flexibility index (Phi) is 7.63. The van der Waals surface area contributed by atoms with E-state index in [4.69, 9.17) is 32.7 Å². The van der Waals surface area contributed by atoms with Gasteiger partial charge >= 0.3 is 0 Å². The summed E-state index contributed by atoms with van der Waals surface area (Å²) < 4.78 is 11.7. The van der Waals surface area contributed by atoms with Gasteiger partial charge in [0, 0.05) is 53.0 Å². The molecule has 0 radical (unpaired) electrons. The van der Waals surface area contributed by atoms with Crippen LogP contribution in [0, 0.1) is 0 Å². The van der Waals surface area contributed by atoms with Crippen molar-refractivity contribution in [1.29, 1.82) is 0 Å². The Morgan fingerprint density at radius 2 is 1.64 bits per heavy atom. The third kappa shape index (κ3) is 5.92. The average molecular weight is 485 g/mol. The highest BCUT2D eigenvalue weighted by Crippen LogP contribution is 2.25. The summed E-state index contributed by atoms with van der Waals surface area (Å²) in [7, 11) is 0. The van der Waals surface area contributed by atoms with E-state index in [-0.39, 0.29) is 5.91 Å². The number of anilines is 1. The normalized spacial score (nSPS) is 13.7. The van der Waals surface area contributed by atoms with Crippen LogP contribution in [0.5, 0.6) is 11.5 Å². The third-order valence-corrected chi connectivity index (χ3v) is 6.04. The van der Waals surface area contributed by atoms with Gasteiger partial charge in [-0.3, -0.25) is 4.79 Å². The van der Waals surface area contributed by atoms with E-state index in [1.54, 1.807) is 12.1 Å². The first-order valence-electron chi connectivity index (χ1n) is 11.0. The van der Waals surface area contributed by atoms with Gasteiger partial charge in [-0.05, 0) is 67.6 Å². The molecule has 0 atom stereocenters. The molecule has 1 heterocycles. The summed E-state index contributed by atoms with van der Waals surface area (Å²) >= 11 is 12.1. The molecular formula is C26H26Cl2N2O3. The van der Waals surface area contributed by atoms with E-state index in [2.05, 4.69) is 4.90 Å². The average Bonchev–Trinajstić information content (AvgIpc) is 2.84. The van der Waals surface area contributed by atoms with E-state index < -0.39 is 0 Å². The number of carbonyl (C=O) groups excluding carboxylic acids is 1. The molecule has 4 rings (SSSR count). The summed E-state index contributed by atoms with van der Waals surface area (Å²) in [5, 5.41) is 1.37. The smallest absolute Gasteiger partial charge is 0.253 e. The van der Waals surface area contributed by atoms with Crippen LogP contribution in [0.25, 0.3) is 0 Å². The van der Waals surface area contributed by atoms with E-state index in [1.807, 2.05) is 66.4 Å². The Morgan fingerprint density at radius 3 is 2.33 bits per heavy atom. The van der Waals surface area contributed by atoms with E-state index in [0.717, 1.165) is 24.3 Å². The predicted molar refractivity (Wildman–Crippen MR) is 133 cm³/mol. The first kappa shape index (κ1) is 23.3. The highest BCUT2D eigenvalue weighted by Gasteiger charge is 2.23. The van der Waals surface area contributed by atoms with Gasteiger partial charge in [0.25, 0.3) is 5.91 Å². The van der Waals surface area contributed by atoms with Crippen molar-refractivity contribution in [3.63, 3.8) is 0 Å². The number of hydrogen-bond donors (Lipinski definition) is 0. The van der Waals surface area contributed by atoms with Gasteiger partial charge in [-0.25, -0.2) is 0 Å². The highest BCUT2D eigenvalue weighted by atomic mass is 35.5. The Bertz CT molecular complexity index is 1100. The zero-order valence-corrected chi connectivity index (χ0v) is 20.0. The molecule has 1 saturated heterocycles. The fourth-order valence-corrected chi connectivity index (χ4v) is 4.15. The van der Waals surface area contributed by atoms with Crippen molar-refractivity contribution in [2.75, 3.05) is 37.7 Å². The van der Waals surface area contributed by atoms with Gasteiger partial charge in [-0.1, -0.05) is 29.3 Å². The van der Waals surface area contributed by atoms with Crippen molar-refractivity contribution in [3.05, 3.63) is 87.9 Å². The Balaban J connectivity index is 1.43. The van der Waals surface area contributed by atoms with Crippen molar-refractivity contribution in [3.8, 4) is 11.5 Å². The summed E-state index contributed by atoms with van der Waals surface area (Å²) in [5.74, 6) is 1.43. The first-order chi connectivity index (χ1) is 16.0. The zero-order chi connectivity index (χ0) is 23.2. The molecule has 0 saturated carbocycles. The summed E-state index contributed by atoms with van der Waals surface area (Å²) in [6.07, 6.45) is 0. The lowest BCUT2D eigenvalue weighted by atomic mass is 10.1. The molecular weight excluding hydrogens is 459 g/mol. The molecule has 0 bridgehead atoms. The largest absolute Gasteiger partial charge is 0.493 e.